The molecule has 2 aliphatic heterocycles. The number of hydrogen-bond acceptors (Lipinski definition) is 5. The molecule has 3 amide bonds. The van der Waals surface area contributed by atoms with Crippen molar-refractivity contribution in [2.75, 3.05) is 31.6 Å². The molecule has 2 aliphatic rings. The number of carbonyl (C=O) groups excluding carboxylic acids is 2. The molecule has 148 valence electrons. The van der Waals surface area contributed by atoms with E-state index in [0.29, 0.717) is 12.3 Å². The van der Waals surface area contributed by atoms with Gasteiger partial charge in [0.15, 0.2) is 0 Å². The number of urea groups is 1. The number of carbonyl (C=O) groups is 2. The van der Waals surface area contributed by atoms with Gasteiger partial charge in [0.1, 0.15) is 18.5 Å². The number of fused-ring (bicyclic) bond motifs is 1. The van der Waals surface area contributed by atoms with Crippen LogP contribution in [-0.4, -0.2) is 60.3 Å². The number of hydrogen-bond donors (Lipinski definition) is 4. The van der Waals surface area contributed by atoms with Crippen molar-refractivity contribution in [1.82, 2.24) is 15.5 Å². The third kappa shape index (κ3) is 5.03. The van der Waals surface area contributed by atoms with Crippen molar-refractivity contribution in [3.63, 3.8) is 0 Å². The van der Waals surface area contributed by atoms with Crippen LogP contribution < -0.4 is 20.7 Å². The van der Waals surface area contributed by atoms with Crippen molar-refractivity contribution in [1.29, 1.82) is 0 Å². The summed E-state index contributed by atoms with van der Waals surface area (Å²) in [7, 11) is 0. The number of rotatable bonds is 5. The molecule has 1 aromatic carbocycles. The molecule has 0 aliphatic carbocycles. The Hall–Kier alpha value is -2.48. The number of amides is 3. The van der Waals surface area contributed by atoms with E-state index in [2.05, 4.69) is 16.0 Å². The summed E-state index contributed by atoms with van der Waals surface area (Å²) >= 11 is 0. The molecule has 3 rings (SSSR count). The van der Waals surface area contributed by atoms with Gasteiger partial charge in [-0.15, -0.1) is 0 Å². The molecule has 1 saturated heterocycles. The molecule has 2 heterocycles. The number of likely N-dealkylation sites (tertiary alicyclic amines) is 1. The van der Waals surface area contributed by atoms with Crippen LogP contribution >= 0.6 is 0 Å². The summed E-state index contributed by atoms with van der Waals surface area (Å²) in [4.78, 5) is 25.6. The van der Waals surface area contributed by atoms with Gasteiger partial charge in [-0.3, -0.25) is 4.79 Å². The SMILES string of the molecule is CC[C@H]1Nc2ccc(CNC(=O)NCC(=O)N3CCCC3)cc2OC[C@H]1O. The molecule has 1 fully saturated rings. The van der Waals surface area contributed by atoms with E-state index in [4.69, 9.17) is 4.74 Å². The van der Waals surface area contributed by atoms with E-state index in [1.54, 1.807) is 4.90 Å². The molecule has 4 N–H and O–H groups in total. The second kappa shape index (κ2) is 8.94. The highest BCUT2D eigenvalue weighted by atomic mass is 16.5. The van der Waals surface area contributed by atoms with Crippen LogP contribution in [0.25, 0.3) is 0 Å². The zero-order chi connectivity index (χ0) is 19.2. The molecule has 8 heteroatoms. The van der Waals surface area contributed by atoms with Gasteiger partial charge >= 0.3 is 6.03 Å². The minimum absolute atomic E-state index is 0.0132. The molecule has 0 saturated carbocycles. The van der Waals surface area contributed by atoms with Gasteiger partial charge in [0.05, 0.1) is 18.3 Å². The van der Waals surface area contributed by atoms with Crippen LogP contribution in [0.3, 0.4) is 0 Å². The molecule has 8 nitrogen and oxygen atoms in total. The van der Waals surface area contributed by atoms with Gasteiger partial charge in [-0.25, -0.2) is 4.79 Å². The summed E-state index contributed by atoms with van der Waals surface area (Å²) in [5.41, 5.74) is 1.71. The third-order valence-corrected chi connectivity index (χ3v) is 5.01. The molecule has 27 heavy (non-hydrogen) atoms. The molecule has 0 bridgehead atoms. The number of ether oxygens (including phenoxy) is 1. The lowest BCUT2D eigenvalue weighted by molar-refractivity contribution is -0.128. The predicted molar refractivity (Wildman–Crippen MR) is 102 cm³/mol. The van der Waals surface area contributed by atoms with Crippen molar-refractivity contribution in [3.8, 4) is 5.75 Å². The molecule has 0 spiro atoms. The number of benzene rings is 1. The standard InChI is InChI=1S/C19H28N4O4/c1-2-14-16(24)12-27-17-9-13(5-6-15(17)22-14)10-20-19(26)21-11-18(25)23-7-3-4-8-23/h5-6,9,14,16,22,24H,2-4,7-8,10-12H2,1H3,(H2,20,21,26)/t14-,16-/m1/s1. The first kappa shape index (κ1) is 19.3. The Morgan fingerprint density at radius 3 is 2.81 bits per heavy atom. The normalized spacial score (nSPS) is 21.5. The topological polar surface area (TPSA) is 103 Å². The van der Waals surface area contributed by atoms with Gasteiger partial charge < -0.3 is 30.7 Å². The minimum Gasteiger partial charge on any atom is -0.489 e. The van der Waals surface area contributed by atoms with Crippen LogP contribution in [0.1, 0.15) is 31.7 Å². The summed E-state index contributed by atoms with van der Waals surface area (Å²) < 4.78 is 5.69. The maximum absolute atomic E-state index is 11.9. The van der Waals surface area contributed by atoms with E-state index in [1.807, 2.05) is 25.1 Å². The Balaban J connectivity index is 1.48. The van der Waals surface area contributed by atoms with E-state index in [-0.39, 0.29) is 31.1 Å². The van der Waals surface area contributed by atoms with Gasteiger partial charge in [0.2, 0.25) is 5.91 Å². The lowest BCUT2D eigenvalue weighted by Gasteiger charge is -2.19. The second-order valence-corrected chi connectivity index (χ2v) is 6.99. The maximum Gasteiger partial charge on any atom is 0.315 e. The highest BCUT2D eigenvalue weighted by molar-refractivity contribution is 5.84. The molecule has 0 radical (unpaired) electrons. The second-order valence-electron chi connectivity index (χ2n) is 6.99. The van der Waals surface area contributed by atoms with Gasteiger partial charge in [0, 0.05) is 19.6 Å². The van der Waals surface area contributed by atoms with Crippen LogP contribution in [-0.2, 0) is 11.3 Å². The van der Waals surface area contributed by atoms with Crippen molar-refractivity contribution in [2.24, 2.45) is 0 Å². The quantitative estimate of drug-likeness (QED) is 0.615. The highest BCUT2D eigenvalue weighted by Crippen LogP contribution is 2.30. The average molecular weight is 376 g/mol. The van der Waals surface area contributed by atoms with Crippen molar-refractivity contribution in [3.05, 3.63) is 23.8 Å². The van der Waals surface area contributed by atoms with Crippen LogP contribution in [0, 0.1) is 0 Å². The fraction of sp³-hybridized carbons (Fsp3) is 0.579. The molecular formula is C19H28N4O4. The lowest BCUT2D eigenvalue weighted by atomic mass is 10.1. The van der Waals surface area contributed by atoms with Crippen LogP contribution in [0.5, 0.6) is 5.75 Å². The Kier molecular flexibility index (Phi) is 6.39. The summed E-state index contributed by atoms with van der Waals surface area (Å²) in [6.07, 6.45) is 2.29. The number of nitrogens with zero attached hydrogens (tertiary/aromatic N) is 1. The van der Waals surface area contributed by atoms with E-state index in [9.17, 15) is 14.7 Å². The third-order valence-electron chi connectivity index (χ3n) is 5.01. The van der Waals surface area contributed by atoms with Crippen LogP contribution in [0.15, 0.2) is 18.2 Å². The number of nitrogens with one attached hydrogen (secondary N) is 3. The Bertz CT molecular complexity index is 676. The first-order chi connectivity index (χ1) is 13.1. The molecule has 0 unspecified atom stereocenters. The van der Waals surface area contributed by atoms with E-state index < -0.39 is 6.10 Å². The van der Waals surface area contributed by atoms with Crippen molar-refractivity contribution >= 4 is 17.6 Å². The molecule has 0 aromatic heterocycles. The van der Waals surface area contributed by atoms with E-state index in [0.717, 1.165) is 43.6 Å². The summed E-state index contributed by atoms with van der Waals surface area (Å²) in [6, 6.07) is 5.21. The first-order valence-electron chi connectivity index (χ1n) is 9.56. The van der Waals surface area contributed by atoms with E-state index >= 15 is 0 Å². The number of anilines is 1. The smallest absolute Gasteiger partial charge is 0.315 e. The Morgan fingerprint density at radius 2 is 2.07 bits per heavy atom. The summed E-state index contributed by atoms with van der Waals surface area (Å²) in [5.74, 6) is 0.616. The first-order valence-corrected chi connectivity index (χ1v) is 9.56. The summed E-state index contributed by atoms with van der Waals surface area (Å²) in [5, 5.41) is 18.7. The largest absolute Gasteiger partial charge is 0.489 e. The fourth-order valence-corrected chi connectivity index (χ4v) is 3.36. The zero-order valence-electron chi connectivity index (χ0n) is 15.7. The molecular weight excluding hydrogens is 348 g/mol. The van der Waals surface area contributed by atoms with Crippen LogP contribution in [0.2, 0.25) is 0 Å². The van der Waals surface area contributed by atoms with Gasteiger partial charge in [-0.1, -0.05) is 13.0 Å². The molecule has 1 aromatic rings. The fourth-order valence-electron chi connectivity index (χ4n) is 3.36. The zero-order valence-corrected chi connectivity index (χ0v) is 15.7. The van der Waals surface area contributed by atoms with Crippen molar-refractivity contribution in [2.45, 2.75) is 44.9 Å². The Morgan fingerprint density at radius 1 is 1.30 bits per heavy atom. The minimum atomic E-state index is -0.567. The monoisotopic (exact) mass is 376 g/mol. The van der Waals surface area contributed by atoms with Gasteiger partial charge in [-0.2, -0.15) is 0 Å². The number of aliphatic hydroxyl groups is 1. The lowest BCUT2D eigenvalue weighted by Crippen LogP contribution is -2.42. The Labute approximate surface area is 159 Å². The van der Waals surface area contributed by atoms with Gasteiger partial charge in [-0.05, 0) is 37.0 Å². The predicted octanol–water partition coefficient (Wildman–Crippen LogP) is 1.05. The van der Waals surface area contributed by atoms with Gasteiger partial charge in [0.25, 0.3) is 0 Å². The van der Waals surface area contributed by atoms with Crippen molar-refractivity contribution < 1.29 is 19.4 Å². The summed E-state index contributed by atoms with van der Waals surface area (Å²) in [6.45, 7) is 4.13. The average Bonchev–Trinajstić information content (AvgIpc) is 3.17. The highest BCUT2D eigenvalue weighted by Gasteiger charge is 2.23. The van der Waals surface area contributed by atoms with Crippen LogP contribution in [0.4, 0.5) is 10.5 Å². The number of aliphatic hydroxyl groups excluding tert-OH is 1. The maximum atomic E-state index is 11.9. The van der Waals surface area contributed by atoms with E-state index in [1.165, 1.54) is 0 Å². The molecule has 2 atom stereocenters.